The number of anilines is 1. The van der Waals surface area contributed by atoms with E-state index in [9.17, 15) is 0 Å². The van der Waals surface area contributed by atoms with Gasteiger partial charge in [-0.05, 0) is 6.92 Å². The molecule has 0 unspecified atom stereocenters. The lowest BCUT2D eigenvalue weighted by Gasteiger charge is -2.23. The first-order valence-electron chi connectivity index (χ1n) is 5.55. The Morgan fingerprint density at radius 3 is 2.88 bits per heavy atom. The summed E-state index contributed by atoms with van der Waals surface area (Å²) in [4.78, 5) is 8.42. The molecule has 1 aromatic rings. The first-order chi connectivity index (χ1) is 7.79. The Labute approximate surface area is 95.2 Å². The number of ether oxygens (including phenoxy) is 2. The topological polar surface area (TPSA) is 56.3 Å². The van der Waals surface area contributed by atoms with E-state index in [1.54, 1.807) is 13.2 Å². The smallest absolute Gasteiger partial charge is 0.225 e. The summed E-state index contributed by atoms with van der Waals surface area (Å²) in [6.45, 7) is 3.50. The zero-order chi connectivity index (χ0) is 11.4. The Morgan fingerprint density at radius 1 is 1.44 bits per heavy atom. The van der Waals surface area contributed by atoms with Gasteiger partial charge >= 0.3 is 0 Å². The second kappa shape index (κ2) is 5.12. The number of hydrogen-bond acceptors (Lipinski definition) is 5. The van der Waals surface area contributed by atoms with E-state index in [2.05, 4.69) is 15.3 Å². The summed E-state index contributed by atoms with van der Waals surface area (Å²) in [5, 5.41) is 2.90. The molecule has 0 bridgehead atoms. The number of aromatic nitrogens is 2. The summed E-state index contributed by atoms with van der Waals surface area (Å²) in [5.74, 6) is 1.26. The summed E-state index contributed by atoms with van der Waals surface area (Å²) >= 11 is 0. The summed E-state index contributed by atoms with van der Waals surface area (Å²) < 4.78 is 11.1. The van der Waals surface area contributed by atoms with Gasteiger partial charge in [-0.3, -0.25) is 0 Å². The van der Waals surface area contributed by atoms with Crippen molar-refractivity contribution >= 4 is 5.95 Å². The van der Waals surface area contributed by atoms with E-state index in [4.69, 9.17) is 9.47 Å². The summed E-state index contributed by atoms with van der Waals surface area (Å²) in [7, 11) is 1.79. The van der Waals surface area contributed by atoms with E-state index >= 15 is 0 Å². The van der Waals surface area contributed by atoms with Crippen LogP contribution in [0, 0.1) is 6.92 Å². The Hall–Kier alpha value is -1.36. The van der Waals surface area contributed by atoms with E-state index in [-0.39, 0.29) is 6.10 Å². The zero-order valence-electron chi connectivity index (χ0n) is 9.69. The van der Waals surface area contributed by atoms with Crippen molar-refractivity contribution in [1.82, 2.24) is 9.97 Å². The molecule has 1 aliphatic heterocycles. The Bertz CT molecular complexity index is 351. The van der Waals surface area contributed by atoms with E-state index in [0.717, 1.165) is 31.6 Å². The molecule has 5 heteroatoms. The van der Waals surface area contributed by atoms with Gasteiger partial charge in [0, 0.05) is 31.6 Å². The van der Waals surface area contributed by atoms with Crippen LogP contribution in [0.4, 0.5) is 5.95 Å². The maximum atomic E-state index is 5.86. The molecule has 5 nitrogen and oxygen atoms in total. The minimum Gasteiger partial charge on any atom is -0.474 e. The molecule has 0 amide bonds. The lowest BCUT2D eigenvalue weighted by molar-refractivity contribution is 0.0234. The van der Waals surface area contributed by atoms with Crippen LogP contribution >= 0.6 is 0 Å². The van der Waals surface area contributed by atoms with Gasteiger partial charge in [-0.15, -0.1) is 0 Å². The molecule has 0 radical (unpaired) electrons. The minimum atomic E-state index is 0.215. The first kappa shape index (κ1) is 11.1. The van der Waals surface area contributed by atoms with Crippen molar-refractivity contribution in [3.8, 4) is 5.88 Å². The molecule has 0 aromatic carbocycles. The number of aryl methyl sites for hydroxylation is 1. The number of nitrogens with zero attached hydrogens (tertiary/aromatic N) is 2. The van der Waals surface area contributed by atoms with Gasteiger partial charge in [-0.2, -0.15) is 4.98 Å². The fourth-order valence-corrected chi connectivity index (χ4v) is 1.62. The van der Waals surface area contributed by atoms with Gasteiger partial charge in [0.05, 0.1) is 13.2 Å². The van der Waals surface area contributed by atoms with Gasteiger partial charge in [0.15, 0.2) is 0 Å². The minimum absolute atomic E-state index is 0.215. The number of nitrogens with one attached hydrogen (secondary N) is 1. The third-order valence-corrected chi connectivity index (χ3v) is 2.60. The molecule has 16 heavy (non-hydrogen) atoms. The summed E-state index contributed by atoms with van der Waals surface area (Å²) in [6, 6.07) is 0. The summed E-state index contributed by atoms with van der Waals surface area (Å²) in [6.07, 6.45) is 3.84. The molecule has 0 saturated carbocycles. The van der Waals surface area contributed by atoms with Crippen molar-refractivity contribution in [1.29, 1.82) is 0 Å². The lowest BCUT2D eigenvalue weighted by Crippen LogP contribution is -2.26. The maximum Gasteiger partial charge on any atom is 0.225 e. The van der Waals surface area contributed by atoms with Gasteiger partial charge in [-0.1, -0.05) is 0 Å². The van der Waals surface area contributed by atoms with Crippen molar-refractivity contribution < 1.29 is 9.47 Å². The van der Waals surface area contributed by atoms with Crippen LogP contribution in [0.2, 0.25) is 0 Å². The van der Waals surface area contributed by atoms with Crippen LogP contribution in [0.15, 0.2) is 6.20 Å². The SMILES string of the molecule is CNc1ncc(C)c(OC2CCOCC2)n1. The molecular formula is C11H17N3O2. The molecule has 1 saturated heterocycles. The predicted octanol–water partition coefficient (Wildman–Crippen LogP) is 1.38. The second-order valence-corrected chi connectivity index (χ2v) is 3.86. The van der Waals surface area contributed by atoms with Crippen molar-refractivity contribution in [2.75, 3.05) is 25.6 Å². The number of hydrogen-bond donors (Lipinski definition) is 1. The van der Waals surface area contributed by atoms with Crippen LogP contribution in [-0.4, -0.2) is 36.3 Å². The van der Waals surface area contributed by atoms with Crippen molar-refractivity contribution in [2.24, 2.45) is 0 Å². The Kier molecular flexibility index (Phi) is 3.56. The van der Waals surface area contributed by atoms with Gasteiger partial charge in [0.25, 0.3) is 0 Å². The van der Waals surface area contributed by atoms with Crippen molar-refractivity contribution in [3.05, 3.63) is 11.8 Å². The standard InChI is InChI=1S/C11H17N3O2/c1-8-7-13-11(12-2)14-10(8)16-9-3-5-15-6-4-9/h7,9H,3-6H2,1-2H3,(H,12,13,14). The van der Waals surface area contributed by atoms with Crippen molar-refractivity contribution in [3.63, 3.8) is 0 Å². The van der Waals surface area contributed by atoms with Crippen LogP contribution in [0.1, 0.15) is 18.4 Å². The monoisotopic (exact) mass is 223 g/mol. The van der Waals surface area contributed by atoms with E-state index < -0.39 is 0 Å². The molecule has 0 aliphatic carbocycles. The Morgan fingerprint density at radius 2 is 2.19 bits per heavy atom. The maximum absolute atomic E-state index is 5.86. The first-order valence-corrected chi connectivity index (χ1v) is 5.55. The predicted molar refractivity (Wildman–Crippen MR) is 60.8 cm³/mol. The molecule has 0 atom stereocenters. The molecule has 88 valence electrons. The van der Waals surface area contributed by atoms with Crippen LogP contribution in [0.25, 0.3) is 0 Å². The highest BCUT2D eigenvalue weighted by molar-refractivity contribution is 5.31. The van der Waals surface area contributed by atoms with Gasteiger partial charge in [0.1, 0.15) is 6.10 Å². The highest BCUT2D eigenvalue weighted by Crippen LogP contribution is 2.20. The van der Waals surface area contributed by atoms with E-state index in [0.29, 0.717) is 11.8 Å². The summed E-state index contributed by atoms with van der Waals surface area (Å²) in [5.41, 5.74) is 0.963. The highest BCUT2D eigenvalue weighted by Gasteiger charge is 2.17. The number of rotatable bonds is 3. The highest BCUT2D eigenvalue weighted by atomic mass is 16.5. The van der Waals surface area contributed by atoms with E-state index in [1.807, 2.05) is 6.92 Å². The Balaban J connectivity index is 2.06. The average Bonchev–Trinajstić information content (AvgIpc) is 2.33. The quantitative estimate of drug-likeness (QED) is 0.839. The van der Waals surface area contributed by atoms with Crippen LogP contribution < -0.4 is 10.1 Å². The second-order valence-electron chi connectivity index (χ2n) is 3.86. The molecule has 0 spiro atoms. The zero-order valence-corrected chi connectivity index (χ0v) is 9.69. The molecule has 2 heterocycles. The van der Waals surface area contributed by atoms with Gasteiger partial charge in [0.2, 0.25) is 11.8 Å². The molecule has 2 rings (SSSR count). The van der Waals surface area contributed by atoms with Crippen LogP contribution in [0.3, 0.4) is 0 Å². The molecule has 1 aromatic heterocycles. The average molecular weight is 223 g/mol. The molecule has 1 N–H and O–H groups in total. The van der Waals surface area contributed by atoms with Crippen LogP contribution in [0.5, 0.6) is 5.88 Å². The third kappa shape index (κ3) is 2.61. The lowest BCUT2D eigenvalue weighted by atomic mass is 10.1. The normalized spacial score (nSPS) is 17.1. The largest absolute Gasteiger partial charge is 0.474 e. The fourth-order valence-electron chi connectivity index (χ4n) is 1.62. The fraction of sp³-hybridized carbons (Fsp3) is 0.636. The molecular weight excluding hydrogens is 206 g/mol. The molecule has 1 fully saturated rings. The van der Waals surface area contributed by atoms with E-state index in [1.165, 1.54) is 0 Å². The van der Waals surface area contributed by atoms with Crippen molar-refractivity contribution in [2.45, 2.75) is 25.9 Å². The van der Waals surface area contributed by atoms with Gasteiger partial charge < -0.3 is 14.8 Å². The van der Waals surface area contributed by atoms with Gasteiger partial charge in [-0.25, -0.2) is 4.98 Å². The molecule has 1 aliphatic rings. The van der Waals surface area contributed by atoms with Crippen LogP contribution in [-0.2, 0) is 4.74 Å². The third-order valence-electron chi connectivity index (χ3n) is 2.60.